The quantitative estimate of drug-likeness (QED) is 0.170. The molecule has 0 atom stereocenters. The molecule has 0 fully saturated rings. The van der Waals surface area contributed by atoms with Crippen LogP contribution in [0, 0.1) is 0 Å². The maximum atomic E-state index is 6.64. The molecule has 55 heavy (non-hydrogen) atoms. The summed E-state index contributed by atoms with van der Waals surface area (Å²) in [6.45, 7) is 0. The Bertz CT molecular complexity index is 3240. The predicted octanol–water partition coefficient (Wildman–Crippen LogP) is 15.6. The fourth-order valence-corrected chi connectivity index (χ4v) is 9.50. The molecule has 11 aromatic rings. The van der Waals surface area contributed by atoms with E-state index in [-0.39, 0.29) is 0 Å². The third kappa shape index (κ3) is 5.24. The summed E-state index contributed by atoms with van der Waals surface area (Å²) < 4.78 is 9.25. The normalized spacial score (nSPS) is 11.6. The molecular formula is C52H33NOS. The number of anilines is 3. The van der Waals surface area contributed by atoms with Crippen molar-refractivity contribution in [2.75, 3.05) is 4.90 Å². The zero-order valence-corrected chi connectivity index (χ0v) is 30.6. The van der Waals surface area contributed by atoms with Gasteiger partial charge in [0.05, 0.1) is 11.4 Å². The van der Waals surface area contributed by atoms with Crippen molar-refractivity contribution in [3.8, 4) is 33.4 Å². The van der Waals surface area contributed by atoms with E-state index in [2.05, 4.69) is 199 Å². The van der Waals surface area contributed by atoms with Crippen LogP contribution in [0.5, 0.6) is 0 Å². The van der Waals surface area contributed by atoms with Gasteiger partial charge in [-0.1, -0.05) is 158 Å². The highest BCUT2D eigenvalue weighted by Gasteiger charge is 2.23. The van der Waals surface area contributed by atoms with E-state index in [1.807, 2.05) is 17.4 Å². The SMILES string of the molecule is c1cc(-c2ccc3c(c2)sc2ccccc23)cc(N(c2ccccc2-c2cccc3ccccc23)c2ccccc2-c2cccc3c2oc2ccccc23)c1. The van der Waals surface area contributed by atoms with Crippen molar-refractivity contribution in [3.05, 3.63) is 200 Å². The maximum absolute atomic E-state index is 6.64. The highest BCUT2D eigenvalue weighted by atomic mass is 32.1. The second kappa shape index (κ2) is 12.9. The first kappa shape index (κ1) is 31.6. The first-order valence-corrected chi connectivity index (χ1v) is 19.5. The van der Waals surface area contributed by atoms with Crippen LogP contribution in [-0.4, -0.2) is 0 Å². The summed E-state index contributed by atoms with van der Waals surface area (Å²) in [5, 5.41) is 7.30. The van der Waals surface area contributed by atoms with Crippen LogP contribution in [0.25, 0.3) is 86.3 Å². The number of rotatable bonds is 6. The van der Waals surface area contributed by atoms with Crippen LogP contribution in [0.4, 0.5) is 17.1 Å². The number of thiophene rings is 1. The number of hydrogen-bond acceptors (Lipinski definition) is 3. The Morgan fingerprint density at radius 2 is 0.945 bits per heavy atom. The van der Waals surface area contributed by atoms with Gasteiger partial charge in [0, 0.05) is 53.3 Å². The van der Waals surface area contributed by atoms with Gasteiger partial charge < -0.3 is 9.32 Å². The first-order valence-electron chi connectivity index (χ1n) is 18.7. The van der Waals surface area contributed by atoms with Gasteiger partial charge in [0.2, 0.25) is 0 Å². The highest BCUT2D eigenvalue weighted by molar-refractivity contribution is 7.25. The number of fused-ring (bicyclic) bond motifs is 7. The lowest BCUT2D eigenvalue weighted by atomic mass is 9.94. The van der Waals surface area contributed by atoms with Crippen LogP contribution < -0.4 is 4.90 Å². The summed E-state index contributed by atoms with van der Waals surface area (Å²) in [7, 11) is 0. The van der Waals surface area contributed by atoms with Gasteiger partial charge in [0.1, 0.15) is 11.2 Å². The van der Waals surface area contributed by atoms with Gasteiger partial charge in [-0.15, -0.1) is 11.3 Å². The molecule has 258 valence electrons. The summed E-state index contributed by atoms with van der Waals surface area (Å²) in [6.07, 6.45) is 0. The lowest BCUT2D eigenvalue weighted by molar-refractivity contribution is 0.670. The zero-order valence-electron chi connectivity index (χ0n) is 29.8. The molecule has 0 bridgehead atoms. The van der Waals surface area contributed by atoms with E-state index in [1.165, 1.54) is 47.6 Å². The average molecular weight is 720 g/mol. The molecule has 2 heterocycles. The second-order valence-electron chi connectivity index (χ2n) is 14.0. The topological polar surface area (TPSA) is 16.4 Å². The molecule has 0 aliphatic heterocycles. The van der Waals surface area contributed by atoms with E-state index in [1.54, 1.807) is 0 Å². The van der Waals surface area contributed by atoms with Gasteiger partial charge in [0.25, 0.3) is 0 Å². The summed E-state index contributed by atoms with van der Waals surface area (Å²) >= 11 is 1.86. The number of benzene rings is 9. The predicted molar refractivity (Wildman–Crippen MR) is 235 cm³/mol. The average Bonchev–Trinajstić information content (AvgIpc) is 3.82. The number of furan rings is 1. The van der Waals surface area contributed by atoms with E-state index in [0.717, 1.165) is 55.7 Å². The minimum atomic E-state index is 0.892. The van der Waals surface area contributed by atoms with Crippen molar-refractivity contribution in [2.24, 2.45) is 0 Å². The molecule has 0 unspecified atom stereocenters. The molecule has 0 amide bonds. The first-order chi connectivity index (χ1) is 27.3. The van der Waals surface area contributed by atoms with Crippen molar-refractivity contribution < 1.29 is 4.42 Å². The minimum absolute atomic E-state index is 0.892. The van der Waals surface area contributed by atoms with E-state index >= 15 is 0 Å². The molecule has 0 aliphatic rings. The third-order valence-corrected chi connectivity index (χ3v) is 12.0. The molecule has 0 spiro atoms. The van der Waals surface area contributed by atoms with Crippen molar-refractivity contribution in [1.82, 2.24) is 0 Å². The lowest BCUT2D eigenvalue weighted by Crippen LogP contribution is -2.12. The summed E-state index contributed by atoms with van der Waals surface area (Å²) in [6, 6.07) is 72.2. The van der Waals surface area contributed by atoms with E-state index in [4.69, 9.17) is 4.42 Å². The van der Waals surface area contributed by atoms with Crippen LogP contribution >= 0.6 is 11.3 Å². The van der Waals surface area contributed by atoms with E-state index in [0.29, 0.717) is 0 Å². The van der Waals surface area contributed by atoms with E-state index < -0.39 is 0 Å². The third-order valence-electron chi connectivity index (χ3n) is 10.9. The summed E-state index contributed by atoms with van der Waals surface area (Å²) in [5.41, 5.74) is 11.9. The molecule has 2 aromatic heterocycles. The largest absolute Gasteiger partial charge is 0.455 e. The molecule has 0 N–H and O–H groups in total. The Hall–Kier alpha value is -6.94. The standard InChI is InChI=1S/C52H33NOS/c1-2-18-38-34(14-1)15-12-23-39(38)40-19-3-7-26-47(40)53(37-17-11-16-35(32-37)36-30-31-44-43-22-6-10-29-50(43)55-51(44)33-36)48-27-8-4-20-41(48)45-24-13-25-46-42-21-5-9-28-49(42)54-52(45)46/h1-33H. The molecular weight excluding hydrogens is 687 g/mol. The number of hydrogen-bond donors (Lipinski definition) is 0. The van der Waals surface area contributed by atoms with Gasteiger partial charge >= 0.3 is 0 Å². The van der Waals surface area contributed by atoms with Crippen molar-refractivity contribution in [2.45, 2.75) is 0 Å². The Balaban J connectivity index is 1.15. The summed E-state index contributed by atoms with van der Waals surface area (Å²) in [4.78, 5) is 2.44. The molecule has 9 aromatic carbocycles. The van der Waals surface area contributed by atoms with Crippen LogP contribution in [-0.2, 0) is 0 Å². The van der Waals surface area contributed by atoms with Gasteiger partial charge in [-0.2, -0.15) is 0 Å². The lowest BCUT2D eigenvalue weighted by Gasteiger charge is -2.30. The molecule has 3 heteroatoms. The van der Waals surface area contributed by atoms with Gasteiger partial charge in [0.15, 0.2) is 0 Å². The van der Waals surface area contributed by atoms with Crippen LogP contribution in [0.1, 0.15) is 0 Å². The number of para-hydroxylation sites is 4. The van der Waals surface area contributed by atoms with Gasteiger partial charge in [-0.05, 0) is 69.9 Å². The number of nitrogens with zero attached hydrogens (tertiary/aromatic N) is 1. The Morgan fingerprint density at radius 1 is 0.364 bits per heavy atom. The van der Waals surface area contributed by atoms with Gasteiger partial charge in [-0.25, -0.2) is 0 Å². The molecule has 11 rings (SSSR count). The Labute approximate surface area is 322 Å². The molecule has 2 nitrogen and oxygen atoms in total. The van der Waals surface area contributed by atoms with Gasteiger partial charge in [-0.3, -0.25) is 0 Å². The zero-order chi connectivity index (χ0) is 36.3. The molecule has 0 radical (unpaired) electrons. The molecule has 0 saturated heterocycles. The van der Waals surface area contributed by atoms with Crippen LogP contribution in [0.15, 0.2) is 205 Å². The van der Waals surface area contributed by atoms with Crippen molar-refractivity contribution >= 4 is 81.3 Å². The Kier molecular flexibility index (Phi) is 7.39. The monoisotopic (exact) mass is 719 g/mol. The molecule has 0 saturated carbocycles. The van der Waals surface area contributed by atoms with Crippen LogP contribution in [0.2, 0.25) is 0 Å². The minimum Gasteiger partial charge on any atom is -0.455 e. The fourth-order valence-electron chi connectivity index (χ4n) is 8.35. The Morgan fingerprint density at radius 3 is 1.82 bits per heavy atom. The fraction of sp³-hybridized carbons (Fsp3) is 0. The van der Waals surface area contributed by atoms with E-state index in [9.17, 15) is 0 Å². The van der Waals surface area contributed by atoms with Crippen molar-refractivity contribution in [3.63, 3.8) is 0 Å². The van der Waals surface area contributed by atoms with Crippen LogP contribution in [0.3, 0.4) is 0 Å². The molecule has 0 aliphatic carbocycles. The summed E-state index contributed by atoms with van der Waals surface area (Å²) in [5.74, 6) is 0. The van der Waals surface area contributed by atoms with Crippen molar-refractivity contribution in [1.29, 1.82) is 0 Å². The highest BCUT2D eigenvalue weighted by Crippen LogP contribution is 2.48. The smallest absolute Gasteiger partial charge is 0.143 e. The second-order valence-corrected chi connectivity index (χ2v) is 15.1. The maximum Gasteiger partial charge on any atom is 0.143 e.